The maximum atomic E-state index is 11.6. The lowest BCUT2D eigenvalue weighted by Gasteiger charge is -2.31. The molecule has 0 saturated carbocycles. The average molecular weight is 224 g/mol. The molecular weight excluding hydrogens is 204 g/mol. The molecule has 90 valence electrons. The molecule has 0 atom stereocenters. The number of rotatable bonds is 5. The van der Waals surface area contributed by atoms with Crippen LogP contribution in [0.4, 0.5) is 5.82 Å². The normalized spacial score (nSPS) is 11.5. The number of nitrogens with two attached hydrogens (primary N) is 1. The molecule has 0 bridgehead atoms. The molecule has 1 aromatic heterocycles. The first kappa shape index (κ1) is 12.7. The molecule has 1 heterocycles. The van der Waals surface area contributed by atoms with Crippen molar-refractivity contribution in [2.75, 3.05) is 24.5 Å². The molecule has 16 heavy (non-hydrogen) atoms. The fourth-order valence-corrected chi connectivity index (χ4v) is 1.49. The highest BCUT2D eigenvalue weighted by atomic mass is 16.1. The highest BCUT2D eigenvalue weighted by Gasteiger charge is 2.21. The molecule has 0 spiro atoms. The Balaban J connectivity index is 2.92. The van der Waals surface area contributed by atoms with Gasteiger partial charge in [-0.2, -0.15) is 0 Å². The molecule has 0 aliphatic carbocycles. The molecule has 0 saturated heterocycles. The second kappa shape index (κ2) is 5.12. The molecule has 0 amide bonds. The predicted octanol–water partition coefficient (Wildman–Crippen LogP) is 0.581. The summed E-state index contributed by atoms with van der Waals surface area (Å²) >= 11 is 0. The second-order valence-electron chi connectivity index (χ2n) is 4.62. The van der Waals surface area contributed by atoms with Gasteiger partial charge in [0.05, 0.1) is 0 Å². The summed E-state index contributed by atoms with van der Waals surface area (Å²) in [6, 6.07) is 0. The monoisotopic (exact) mass is 224 g/mol. The molecule has 3 N–H and O–H groups in total. The standard InChI is InChI=1S/C11H20N4O/c1-4-15(8-11(2,3)7-12)9-10(16)14-6-5-13-9/h5-6H,4,7-8,12H2,1-3H3,(H,14,16). The molecule has 0 fully saturated rings. The zero-order chi connectivity index (χ0) is 12.2. The van der Waals surface area contributed by atoms with Crippen LogP contribution in [0.1, 0.15) is 20.8 Å². The van der Waals surface area contributed by atoms with Crippen LogP contribution in [-0.2, 0) is 0 Å². The largest absolute Gasteiger partial charge is 0.352 e. The summed E-state index contributed by atoms with van der Waals surface area (Å²) in [5, 5.41) is 0. The first-order chi connectivity index (χ1) is 7.50. The van der Waals surface area contributed by atoms with Crippen LogP contribution in [0.5, 0.6) is 0 Å². The Hall–Kier alpha value is -1.36. The minimum Gasteiger partial charge on any atom is -0.352 e. The van der Waals surface area contributed by atoms with Crippen LogP contribution >= 0.6 is 0 Å². The van der Waals surface area contributed by atoms with E-state index in [0.717, 1.165) is 13.1 Å². The van der Waals surface area contributed by atoms with Gasteiger partial charge in [-0.1, -0.05) is 13.8 Å². The zero-order valence-corrected chi connectivity index (χ0v) is 10.2. The number of nitrogens with one attached hydrogen (secondary N) is 1. The Morgan fingerprint density at radius 1 is 1.56 bits per heavy atom. The number of nitrogens with zero attached hydrogens (tertiary/aromatic N) is 2. The highest BCUT2D eigenvalue weighted by Crippen LogP contribution is 2.16. The van der Waals surface area contributed by atoms with Crippen molar-refractivity contribution in [3.8, 4) is 0 Å². The van der Waals surface area contributed by atoms with Crippen LogP contribution in [-0.4, -0.2) is 29.6 Å². The SMILES string of the molecule is CCN(CC(C)(C)CN)c1ncc[nH]c1=O. The topological polar surface area (TPSA) is 75.0 Å². The number of hydrogen-bond donors (Lipinski definition) is 2. The maximum absolute atomic E-state index is 11.6. The lowest BCUT2D eigenvalue weighted by Crippen LogP contribution is -2.41. The molecule has 0 aliphatic rings. The maximum Gasteiger partial charge on any atom is 0.290 e. The summed E-state index contributed by atoms with van der Waals surface area (Å²) in [5.41, 5.74) is 5.51. The van der Waals surface area contributed by atoms with Gasteiger partial charge in [-0.05, 0) is 18.9 Å². The van der Waals surface area contributed by atoms with Gasteiger partial charge < -0.3 is 15.6 Å². The first-order valence-electron chi connectivity index (χ1n) is 5.49. The third-order valence-electron chi connectivity index (χ3n) is 2.54. The Morgan fingerprint density at radius 3 is 2.75 bits per heavy atom. The minimum atomic E-state index is -0.155. The van der Waals surface area contributed by atoms with E-state index in [4.69, 9.17) is 5.73 Å². The Bertz CT molecular complexity index is 386. The van der Waals surface area contributed by atoms with Gasteiger partial charge in [0.1, 0.15) is 0 Å². The third kappa shape index (κ3) is 3.06. The van der Waals surface area contributed by atoms with Gasteiger partial charge >= 0.3 is 0 Å². The van der Waals surface area contributed by atoms with Crippen LogP contribution in [0.15, 0.2) is 17.2 Å². The number of H-pyrrole nitrogens is 1. The van der Waals surface area contributed by atoms with E-state index in [9.17, 15) is 4.79 Å². The van der Waals surface area contributed by atoms with Crippen molar-refractivity contribution in [2.45, 2.75) is 20.8 Å². The van der Waals surface area contributed by atoms with Gasteiger partial charge in [0.2, 0.25) is 0 Å². The van der Waals surface area contributed by atoms with E-state index >= 15 is 0 Å². The molecule has 5 heteroatoms. The van der Waals surface area contributed by atoms with E-state index in [1.807, 2.05) is 11.8 Å². The Labute approximate surface area is 95.7 Å². The number of anilines is 1. The molecular formula is C11H20N4O. The van der Waals surface area contributed by atoms with Crippen molar-refractivity contribution in [3.63, 3.8) is 0 Å². The minimum absolute atomic E-state index is 0.0278. The number of aromatic nitrogens is 2. The van der Waals surface area contributed by atoms with Gasteiger partial charge in [-0.15, -0.1) is 0 Å². The average Bonchev–Trinajstić information content (AvgIpc) is 2.27. The van der Waals surface area contributed by atoms with Crippen LogP contribution in [0.3, 0.4) is 0 Å². The van der Waals surface area contributed by atoms with E-state index in [1.165, 1.54) is 6.20 Å². The van der Waals surface area contributed by atoms with E-state index in [0.29, 0.717) is 12.4 Å². The molecule has 0 radical (unpaired) electrons. The summed E-state index contributed by atoms with van der Waals surface area (Å²) < 4.78 is 0. The quantitative estimate of drug-likeness (QED) is 0.767. The van der Waals surface area contributed by atoms with Crippen molar-refractivity contribution in [1.29, 1.82) is 0 Å². The first-order valence-corrected chi connectivity index (χ1v) is 5.49. The van der Waals surface area contributed by atoms with Crippen LogP contribution in [0.25, 0.3) is 0 Å². The van der Waals surface area contributed by atoms with Gasteiger partial charge in [-0.3, -0.25) is 4.79 Å². The van der Waals surface area contributed by atoms with Gasteiger partial charge in [0.25, 0.3) is 5.56 Å². The summed E-state index contributed by atoms with van der Waals surface area (Å²) in [5.74, 6) is 0.464. The molecule has 1 aromatic rings. The highest BCUT2D eigenvalue weighted by molar-refractivity contribution is 5.35. The van der Waals surface area contributed by atoms with E-state index in [1.54, 1.807) is 6.20 Å². The number of hydrogen-bond acceptors (Lipinski definition) is 4. The Morgan fingerprint density at radius 2 is 2.25 bits per heavy atom. The molecule has 0 unspecified atom stereocenters. The van der Waals surface area contributed by atoms with Crippen molar-refractivity contribution in [3.05, 3.63) is 22.7 Å². The fourth-order valence-electron chi connectivity index (χ4n) is 1.49. The Kier molecular flexibility index (Phi) is 4.06. The van der Waals surface area contributed by atoms with Gasteiger partial charge in [0, 0.05) is 25.5 Å². The second-order valence-corrected chi connectivity index (χ2v) is 4.62. The molecule has 1 rings (SSSR count). The van der Waals surface area contributed by atoms with Crippen molar-refractivity contribution in [2.24, 2.45) is 11.1 Å². The number of aromatic amines is 1. The lowest BCUT2D eigenvalue weighted by atomic mass is 9.93. The summed E-state index contributed by atoms with van der Waals surface area (Å²) in [4.78, 5) is 20.3. The van der Waals surface area contributed by atoms with Crippen LogP contribution < -0.4 is 16.2 Å². The van der Waals surface area contributed by atoms with E-state index in [-0.39, 0.29) is 11.0 Å². The summed E-state index contributed by atoms with van der Waals surface area (Å²) in [6.45, 7) is 8.19. The molecule has 0 aliphatic heterocycles. The molecule has 0 aromatic carbocycles. The van der Waals surface area contributed by atoms with Gasteiger partial charge in [-0.25, -0.2) is 4.98 Å². The molecule has 5 nitrogen and oxygen atoms in total. The van der Waals surface area contributed by atoms with Crippen molar-refractivity contribution >= 4 is 5.82 Å². The van der Waals surface area contributed by atoms with E-state index < -0.39 is 0 Å². The van der Waals surface area contributed by atoms with E-state index in [2.05, 4.69) is 23.8 Å². The lowest BCUT2D eigenvalue weighted by molar-refractivity contribution is 0.378. The van der Waals surface area contributed by atoms with Crippen molar-refractivity contribution in [1.82, 2.24) is 9.97 Å². The van der Waals surface area contributed by atoms with Crippen molar-refractivity contribution < 1.29 is 0 Å². The summed E-state index contributed by atoms with van der Waals surface area (Å²) in [7, 11) is 0. The van der Waals surface area contributed by atoms with Gasteiger partial charge in [0.15, 0.2) is 5.82 Å². The smallest absolute Gasteiger partial charge is 0.290 e. The summed E-state index contributed by atoms with van der Waals surface area (Å²) in [6.07, 6.45) is 3.13. The zero-order valence-electron chi connectivity index (χ0n) is 10.2. The van der Waals surface area contributed by atoms with Crippen LogP contribution in [0, 0.1) is 5.41 Å². The fraction of sp³-hybridized carbons (Fsp3) is 0.636. The van der Waals surface area contributed by atoms with Crippen LogP contribution in [0.2, 0.25) is 0 Å². The third-order valence-corrected chi connectivity index (χ3v) is 2.54. The predicted molar refractivity (Wildman–Crippen MR) is 65.6 cm³/mol.